The molecule has 1 aromatic heterocycles. The molecule has 1 aliphatic rings. The Kier molecular flexibility index (Phi) is 4.96. The van der Waals surface area contributed by atoms with Gasteiger partial charge in [-0.3, -0.25) is 9.69 Å². The lowest BCUT2D eigenvalue weighted by Gasteiger charge is -2.26. The van der Waals surface area contributed by atoms with Crippen LogP contribution in [-0.2, 0) is 11.8 Å². The van der Waals surface area contributed by atoms with Crippen LogP contribution in [0.25, 0.3) is 21.8 Å². The van der Waals surface area contributed by atoms with Crippen LogP contribution in [0.1, 0.15) is 22.7 Å². The summed E-state index contributed by atoms with van der Waals surface area (Å²) < 4.78 is 2.23. The highest BCUT2D eigenvalue weighted by atomic mass is 16.2. The second kappa shape index (κ2) is 8.17. The topological polar surface area (TPSA) is 37.3 Å². The first-order valence-electron chi connectivity index (χ1n) is 11.9. The van der Waals surface area contributed by atoms with Crippen LogP contribution < -0.4 is 10.2 Å². The Hall–Kier alpha value is -4.31. The van der Waals surface area contributed by atoms with Gasteiger partial charge in [-0.2, -0.15) is 0 Å². The molecule has 2 heterocycles. The van der Waals surface area contributed by atoms with Gasteiger partial charge >= 0.3 is 0 Å². The normalized spacial score (nSPS) is 15.7. The maximum atomic E-state index is 13.8. The summed E-state index contributed by atoms with van der Waals surface area (Å²) >= 11 is 0. The zero-order valence-electron chi connectivity index (χ0n) is 20.1. The maximum absolute atomic E-state index is 13.8. The van der Waals surface area contributed by atoms with Crippen molar-refractivity contribution in [3.8, 4) is 0 Å². The van der Waals surface area contributed by atoms with Gasteiger partial charge in [-0.25, -0.2) is 0 Å². The third-order valence-corrected chi connectivity index (χ3v) is 6.91. The Morgan fingerprint density at radius 2 is 1.49 bits per heavy atom. The van der Waals surface area contributed by atoms with E-state index in [0.717, 1.165) is 28.1 Å². The first kappa shape index (κ1) is 21.2. The van der Waals surface area contributed by atoms with Crippen LogP contribution in [0.2, 0.25) is 0 Å². The molecule has 0 fully saturated rings. The number of aryl methyl sites for hydroxylation is 3. The monoisotopic (exact) mass is 457 g/mol. The number of hydrogen-bond acceptors (Lipinski definition) is 2. The zero-order chi connectivity index (χ0) is 24.1. The predicted octanol–water partition coefficient (Wildman–Crippen LogP) is 7.03. The number of carbonyl (C=O) groups is 1. The van der Waals surface area contributed by atoms with Crippen LogP contribution in [-0.4, -0.2) is 10.5 Å². The van der Waals surface area contributed by atoms with E-state index in [-0.39, 0.29) is 11.9 Å². The van der Waals surface area contributed by atoms with Gasteiger partial charge in [0.25, 0.3) is 5.91 Å². The van der Waals surface area contributed by atoms with Crippen molar-refractivity contribution >= 4 is 39.1 Å². The van der Waals surface area contributed by atoms with Crippen LogP contribution in [0.5, 0.6) is 0 Å². The molecule has 0 saturated carbocycles. The van der Waals surface area contributed by atoms with Crippen molar-refractivity contribution in [1.82, 2.24) is 4.57 Å². The highest BCUT2D eigenvalue weighted by Gasteiger charge is 2.35. The molecule has 4 nitrogen and oxygen atoms in total. The molecule has 0 unspecified atom stereocenters. The quantitative estimate of drug-likeness (QED) is 0.314. The number of anilines is 2. The third-order valence-electron chi connectivity index (χ3n) is 6.91. The summed E-state index contributed by atoms with van der Waals surface area (Å²) in [6, 6.07) is 31.1. The Bertz CT molecular complexity index is 1640. The summed E-state index contributed by atoms with van der Waals surface area (Å²) in [5.41, 5.74) is 8.16. The van der Waals surface area contributed by atoms with Gasteiger partial charge in [0.15, 0.2) is 0 Å². The van der Waals surface area contributed by atoms with Gasteiger partial charge in [0, 0.05) is 40.2 Å². The Morgan fingerprint density at radius 3 is 2.29 bits per heavy atom. The molecule has 4 heteroatoms. The zero-order valence-corrected chi connectivity index (χ0v) is 20.1. The third kappa shape index (κ3) is 3.58. The number of fused-ring (bicyclic) bond motifs is 3. The van der Waals surface area contributed by atoms with E-state index in [1.165, 1.54) is 21.8 Å². The Balaban J connectivity index is 1.49. The first-order chi connectivity index (χ1) is 17.0. The van der Waals surface area contributed by atoms with Gasteiger partial charge in [0.1, 0.15) is 5.70 Å². The molecular formula is C31H27N3O. The molecule has 35 heavy (non-hydrogen) atoms. The average Bonchev–Trinajstić information content (AvgIpc) is 3.33. The minimum atomic E-state index is -0.208. The Morgan fingerprint density at radius 1 is 0.743 bits per heavy atom. The first-order valence-corrected chi connectivity index (χ1v) is 11.9. The number of aromatic nitrogens is 1. The van der Waals surface area contributed by atoms with E-state index < -0.39 is 0 Å². The van der Waals surface area contributed by atoms with E-state index in [2.05, 4.69) is 104 Å². The van der Waals surface area contributed by atoms with Crippen molar-refractivity contribution < 1.29 is 4.79 Å². The van der Waals surface area contributed by atoms with E-state index in [4.69, 9.17) is 0 Å². The van der Waals surface area contributed by atoms with E-state index in [1.807, 2.05) is 29.2 Å². The van der Waals surface area contributed by atoms with Crippen LogP contribution in [0, 0.1) is 13.8 Å². The molecule has 0 spiro atoms. The van der Waals surface area contributed by atoms with Crippen molar-refractivity contribution in [1.29, 1.82) is 0 Å². The molecule has 0 saturated heterocycles. The van der Waals surface area contributed by atoms with Crippen LogP contribution in [0.15, 0.2) is 103 Å². The van der Waals surface area contributed by atoms with Crippen molar-refractivity contribution in [3.63, 3.8) is 0 Å². The highest BCUT2D eigenvalue weighted by Crippen LogP contribution is 2.39. The number of hydrogen-bond donors (Lipinski definition) is 1. The lowest BCUT2D eigenvalue weighted by Crippen LogP contribution is -2.30. The standard InChI is InChI=1S/C31H27N3O/c1-20-8-6-10-23(16-20)32-27-19-30(34(31(27)35)24-11-7-9-21(2)17-24)22-14-15-29-26(18-22)25-12-4-5-13-28(25)33(29)3/h4-19,30,32H,1-3H3/t30-/m0/s1. The summed E-state index contributed by atoms with van der Waals surface area (Å²) in [4.78, 5) is 15.7. The summed E-state index contributed by atoms with van der Waals surface area (Å²) in [7, 11) is 2.10. The van der Waals surface area contributed by atoms with Gasteiger partial charge in [0.05, 0.1) is 6.04 Å². The van der Waals surface area contributed by atoms with Gasteiger partial charge in [-0.1, -0.05) is 48.5 Å². The minimum absolute atomic E-state index is 0.0277. The summed E-state index contributed by atoms with van der Waals surface area (Å²) in [6.07, 6.45) is 2.05. The molecule has 1 amide bonds. The molecule has 0 aliphatic carbocycles. The van der Waals surface area contributed by atoms with Crippen LogP contribution in [0.4, 0.5) is 11.4 Å². The van der Waals surface area contributed by atoms with E-state index in [9.17, 15) is 4.79 Å². The number of benzene rings is 4. The molecule has 4 aromatic carbocycles. The molecule has 6 rings (SSSR count). The van der Waals surface area contributed by atoms with Crippen LogP contribution >= 0.6 is 0 Å². The van der Waals surface area contributed by atoms with Crippen molar-refractivity contribution in [2.24, 2.45) is 7.05 Å². The maximum Gasteiger partial charge on any atom is 0.275 e. The van der Waals surface area contributed by atoms with Crippen LogP contribution in [0.3, 0.4) is 0 Å². The lowest BCUT2D eigenvalue weighted by molar-refractivity contribution is -0.114. The van der Waals surface area contributed by atoms with E-state index in [0.29, 0.717) is 5.70 Å². The summed E-state index contributed by atoms with van der Waals surface area (Å²) in [6.45, 7) is 4.11. The van der Waals surface area contributed by atoms with Crippen molar-refractivity contribution in [2.45, 2.75) is 19.9 Å². The molecule has 0 bridgehead atoms. The SMILES string of the molecule is Cc1cccc(NC2=C[C@@H](c3ccc4c(c3)c3ccccc3n4C)N(c3cccc(C)c3)C2=O)c1. The van der Waals surface area contributed by atoms with Gasteiger partial charge in [-0.05, 0) is 79.1 Å². The van der Waals surface area contributed by atoms with E-state index >= 15 is 0 Å². The average molecular weight is 458 g/mol. The number of para-hydroxylation sites is 1. The fraction of sp³-hybridized carbons (Fsp3) is 0.129. The minimum Gasteiger partial charge on any atom is -0.351 e. The highest BCUT2D eigenvalue weighted by molar-refractivity contribution is 6.12. The van der Waals surface area contributed by atoms with Gasteiger partial charge in [-0.15, -0.1) is 0 Å². The largest absolute Gasteiger partial charge is 0.351 e. The number of rotatable bonds is 4. The summed E-state index contributed by atoms with van der Waals surface area (Å²) in [5, 5.41) is 5.80. The summed E-state index contributed by atoms with van der Waals surface area (Å²) in [5.74, 6) is -0.0277. The second-order valence-electron chi connectivity index (χ2n) is 9.39. The Labute approximate surface area is 205 Å². The fourth-order valence-electron chi connectivity index (χ4n) is 5.20. The van der Waals surface area contributed by atoms with Gasteiger partial charge < -0.3 is 9.88 Å². The molecule has 5 aromatic rings. The van der Waals surface area contributed by atoms with Crippen molar-refractivity contribution in [3.05, 3.63) is 119 Å². The number of nitrogens with zero attached hydrogens (tertiary/aromatic N) is 2. The molecule has 1 N–H and O–H groups in total. The fourth-order valence-corrected chi connectivity index (χ4v) is 5.20. The second-order valence-corrected chi connectivity index (χ2v) is 9.39. The van der Waals surface area contributed by atoms with Crippen molar-refractivity contribution in [2.75, 3.05) is 10.2 Å². The number of nitrogens with one attached hydrogen (secondary N) is 1. The molecule has 1 atom stereocenters. The molecular weight excluding hydrogens is 430 g/mol. The molecule has 172 valence electrons. The number of amides is 1. The molecule has 0 radical (unpaired) electrons. The van der Waals surface area contributed by atoms with Gasteiger partial charge in [0.2, 0.25) is 0 Å². The predicted molar refractivity (Wildman–Crippen MR) is 145 cm³/mol. The van der Waals surface area contributed by atoms with E-state index in [1.54, 1.807) is 0 Å². The number of carbonyl (C=O) groups excluding carboxylic acids is 1. The molecule has 1 aliphatic heterocycles. The smallest absolute Gasteiger partial charge is 0.275 e. The lowest BCUT2D eigenvalue weighted by atomic mass is 10.0.